The number of aryl methyl sites for hydroxylation is 2. The Bertz CT molecular complexity index is 428. The van der Waals surface area contributed by atoms with Crippen molar-refractivity contribution in [2.24, 2.45) is 0 Å². The number of nitrogens with zero attached hydrogens (tertiary/aromatic N) is 2. The molecule has 1 aromatic carbocycles. The summed E-state index contributed by atoms with van der Waals surface area (Å²) in [6.07, 6.45) is 4.42. The van der Waals surface area contributed by atoms with Crippen molar-refractivity contribution < 1.29 is 0 Å². The minimum absolute atomic E-state index is 1.13. The van der Waals surface area contributed by atoms with Gasteiger partial charge in [0.15, 0.2) is 0 Å². The van der Waals surface area contributed by atoms with E-state index in [0.717, 1.165) is 12.1 Å². The molecule has 0 bridgehead atoms. The monoisotopic (exact) mass is 158 g/mol. The molecule has 2 nitrogen and oxygen atoms in total. The van der Waals surface area contributed by atoms with Crippen LogP contribution in [0.1, 0.15) is 12.0 Å². The fraction of sp³-hybridized carbons (Fsp3) is 0.300. The molecule has 12 heavy (non-hydrogen) atoms. The van der Waals surface area contributed by atoms with Gasteiger partial charge in [-0.15, -0.1) is 0 Å². The topological polar surface area (TPSA) is 17.8 Å². The molecule has 0 radical (unpaired) electrons. The summed E-state index contributed by atoms with van der Waals surface area (Å²) in [5.74, 6) is 0. The van der Waals surface area contributed by atoms with Crippen molar-refractivity contribution in [2.45, 2.75) is 19.4 Å². The normalized spacial score (nSPS) is 15.3. The smallest absolute Gasteiger partial charge is 0.0958 e. The Balaban J connectivity index is 2.50. The van der Waals surface area contributed by atoms with Crippen LogP contribution in [0.5, 0.6) is 0 Å². The van der Waals surface area contributed by atoms with E-state index in [0.29, 0.717) is 0 Å². The van der Waals surface area contributed by atoms with Crippen LogP contribution in [-0.4, -0.2) is 9.55 Å². The van der Waals surface area contributed by atoms with E-state index in [-0.39, 0.29) is 0 Å². The SMILES string of the molecule is c1cc2c3c(c1)ncn3CCC2. The van der Waals surface area contributed by atoms with Crippen LogP contribution >= 0.6 is 0 Å². The molecule has 0 saturated carbocycles. The maximum Gasteiger partial charge on any atom is 0.0958 e. The van der Waals surface area contributed by atoms with Crippen molar-refractivity contribution in [1.82, 2.24) is 9.55 Å². The predicted molar refractivity (Wildman–Crippen MR) is 48.1 cm³/mol. The van der Waals surface area contributed by atoms with E-state index in [1.165, 1.54) is 23.9 Å². The summed E-state index contributed by atoms with van der Waals surface area (Å²) in [6.45, 7) is 1.13. The molecule has 60 valence electrons. The lowest BCUT2D eigenvalue weighted by Gasteiger charge is -2.13. The van der Waals surface area contributed by atoms with E-state index in [9.17, 15) is 0 Å². The zero-order valence-electron chi connectivity index (χ0n) is 6.83. The van der Waals surface area contributed by atoms with Gasteiger partial charge in [0.05, 0.1) is 17.4 Å². The minimum atomic E-state index is 1.13. The third kappa shape index (κ3) is 0.670. The number of aromatic nitrogens is 2. The molecule has 1 aromatic heterocycles. The maximum atomic E-state index is 4.35. The highest BCUT2D eigenvalue weighted by atomic mass is 15.0. The van der Waals surface area contributed by atoms with Crippen LogP contribution in [0.2, 0.25) is 0 Å². The zero-order chi connectivity index (χ0) is 7.97. The van der Waals surface area contributed by atoms with Crippen molar-refractivity contribution in [2.75, 3.05) is 0 Å². The highest BCUT2D eigenvalue weighted by molar-refractivity contribution is 5.79. The molecular formula is C10H10N2. The lowest BCUT2D eigenvalue weighted by Crippen LogP contribution is -2.05. The summed E-state index contributed by atoms with van der Waals surface area (Å²) in [5, 5.41) is 0. The van der Waals surface area contributed by atoms with Crippen molar-refractivity contribution in [1.29, 1.82) is 0 Å². The first-order valence-electron chi connectivity index (χ1n) is 4.38. The quantitative estimate of drug-likeness (QED) is 0.573. The largest absolute Gasteiger partial charge is 0.330 e. The maximum absolute atomic E-state index is 4.35. The van der Waals surface area contributed by atoms with Crippen LogP contribution in [0.15, 0.2) is 24.5 Å². The highest BCUT2D eigenvalue weighted by Gasteiger charge is 2.11. The second kappa shape index (κ2) is 2.09. The number of hydrogen-bond donors (Lipinski definition) is 0. The first-order valence-corrected chi connectivity index (χ1v) is 4.38. The van der Waals surface area contributed by atoms with E-state index < -0.39 is 0 Å². The van der Waals surface area contributed by atoms with Gasteiger partial charge in [-0.3, -0.25) is 0 Å². The molecule has 0 saturated heterocycles. The van der Waals surface area contributed by atoms with Crippen molar-refractivity contribution in [3.8, 4) is 0 Å². The van der Waals surface area contributed by atoms with E-state index in [1.54, 1.807) is 0 Å². The summed E-state index contributed by atoms with van der Waals surface area (Å²) in [4.78, 5) is 4.35. The molecule has 0 atom stereocenters. The fourth-order valence-corrected chi connectivity index (χ4v) is 2.01. The lowest BCUT2D eigenvalue weighted by molar-refractivity contribution is 0.632. The molecule has 3 rings (SSSR count). The van der Waals surface area contributed by atoms with Gasteiger partial charge in [-0.25, -0.2) is 4.98 Å². The van der Waals surface area contributed by atoms with Gasteiger partial charge in [0.25, 0.3) is 0 Å². The number of rotatable bonds is 0. The molecule has 2 heterocycles. The van der Waals surface area contributed by atoms with E-state index in [4.69, 9.17) is 0 Å². The number of para-hydroxylation sites is 1. The second-order valence-electron chi connectivity index (χ2n) is 3.33. The Labute approximate surface area is 70.8 Å². The average Bonchev–Trinajstić information content (AvgIpc) is 2.52. The van der Waals surface area contributed by atoms with Gasteiger partial charge in [-0.2, -0.15) is 0 Å². The lowest BCUT2D eigenvalue weighted by atomic mass is 10.1. The number of hydrogen-bond acceptors (Lipinski definition) is 1. The van der Waals surface area contributed by atoms with E-state index >= 15 is 0 Å². The van der Waals surface area contributed by atoms with Crippen LogP contribution in [0, 0.1) is 0 Å². The minimum Gasteiger partial charge on any atom is -0.330 e. The molecule has 0 spiro atoms. The van der Waals surface area contributed by atoms with Gasteiger partial charge in [0, 0.05) is 6.54 Å². The zero-order valence-corrected chi connectivity index (χ0v) is 6.83. The first-order chi connectivity index (χ1) is 5.95. The summed E-state index contributed by atoms with van der Waals surface area (Å²) in [7, 11) is 0. The summed E-state index contributed by atoms with van der Waals surface area (Å²) in [6, 6.07) is 6.39. The molecule has 1 aliphatic heterocycles. The third-order valence-corrected chi connectivity index (χ3v) is 2.57. The number of imidazole rings is 1. The average molecular weight is 158 g/mol. The third-order valence-electron chi connectivity index (χ3n) is 2.57. The van der Waals surface area contributed by atoms with Gasteiger partial charge >= 0.3 is 0 Å². The second-order valence-corrected chi connectivity index (χ2v) is 3.33. The van der Waals surface area contributed by atoms with Gasteiger partial charge < -0.3 is 4.57 Å². The molecule has 0 unspecified atom stereocenters. The Morgan fingerprint density at radius 3 is 3.33 bits per heavy atom. The Morgan fingerprint density at radius 2 is 2.33 bits per heavy atom. The summed E-state index contributed by atoms with van der Waals surface area (Å²) in [5.41, 5.74) is 3.95. The van der Waals surface area contributed by atoms with Crippen LogP contribution in [0.25, 0.3) is 11.0 Å². The van der Waals surface area contributed by atoms with Crippen LogP contribution < -0.4 is 0 Å². The molecule has 1 aliphatic rings. The molecule has 0 fully saturated rings. The van der Waals surface area contributed by atoms with Gasteiger partial charge in [0.1, 0.15) is 0 Å². The molecule has 0 aliphatic carbocycles. The highest BCUT2D eigenvalue weighted by Crippen LogP contribution is 2.23. The fourth-order valence-electron chi connectivity index (χ4n) is 2.01. The van der Waals surface area contributed by atoms with E-state index in [2.05, 4.69) is 27.8 Å². The first kappa shape index (κ1) is 6.23. The van der Waals surface area contributed by atoms with Crippen LogP contribution in [-0.2, 0) is 13.0 Å². The standard InChI is InChI=1S/C10H10N2/c1-3-8-4-2-6-12-7-11-9(5-1)10(8)12/h1,3,5,7H,2,4,6H2. The summed E-state index contributed by atoms with van der Waals surface area (Å²) >= 11 is 0. The Kier molecular flexibility index (Phi) is 1.09. The van der Waals surface area contributed by atoms with Gasteiger partial charge in [-0.1, -0.05) is 12.1 Å². The van der Waals surface area contributed by atoms with Crippen LogP contribution in [0.3, 0.4) is 0 Å². The molecule has 2 aromatic rings. The summed E-state index contributed by atoms with van der Waals surface area (Å²) < 4.78 is 2.26. The molecular weight excluding hydrogens is 148 g/mol. The Hall–Kier alpha value is -1.31. The van der Waals surface area contributed by atoms with Crippen LogP contribution in [0.4, 0.5) is 0 Å². The molecule has 2 heteroatoms. The molecule has 0 N–H and O–H groups in total. The van der Waals surface area contributed by atoms with Crippen molar-refractivity contribution in [3.05, 3.63) is 30.1 Å². The van der Waals surface area contributed by atoms with Gasteiger partial charge in [0.2, 0.25) is 0 Å². The predicted octanol–water partition coefficient (Wildman–Crippen LogP) is 1.98. The van der Waals surface area contributed by atoms with Crippen molar-refractivity contribution >= 4 is 11.0 Å². The van der Waals surface area contributed by atoms with Crippen molar-refractivity contribution in [3.63, 3.8) is 0 Å². The Morgan fingerprint density at radius 1 is 1.33 bits per heavy atom. The molecule has 0 amide bonds. The van der Waals surface area contributed by atoms with E-state index in [1.807, 2.05) is 6.33 Å². The number of benzene rings is 1. The van der Waals surface area contributed by atoms with Gasteiger partial charge in [-0.05, 0) is 24.5 Å².